The number of pyridine rings is 1. The van der Waals surface area contributed by atoms with E-state index >= 15 is 4.39 Å². The van der Waals surface area contributed by atoms with Crippen molar-refractivity contribution in [1.29, 1.82) is 0 Å². The predicted molar refractivity (Wildman–Crippen MR) is 143 cm³/mol. The van der Waals surface area contributed by atoms with Crippen molar-refractivity contribution in [3.8, 4) is 22.8 Å². The molecule has 0 unspecified atom stereocenters. The molecule has 0 aliphatic carbocycles. The number of halogens is 1. The van der Waals surface area contributed by atoms with Crippen LogP contribution in [0.15, 0.2) is 36.8 Å². The van der Waals surface area contributed by atoms with Crippen LogP contribution in [0.4, 0.5) is 15.0 Å². The van der Waals surface area contributed by atoms with Crippen molar-refractivity contribution in [3.63, 3.8) is 0 Å². The van der Waals surface area contributed by atoms with Gasteiger partial charge in [0.2, 0.25) is 0 Å². The van der Waals surface area contributed by atoms with Crippen molar-refractivity contribution in [2.24, 2.45) is 0 Å². The minimum absolute atomic E-state index is 0.118. The van der Waals surface area contributed by atoms with Crippen molar-refractivity contribution in [2.75, 3.05) is 18.1 Å². The standard InChI is InChI=1S/C28H31FN6O5/c1-27(2,3)40-26(36)34-11-18-19(29)6-7-21-23(18)16(12-38-21)13-39-22-10-17(24-31-30-15-35(24)25(22)34)20-8-9-33(32-20)14-28(4,5)37/h6-10,15-16,37H,11-14H2,1-5H3/t16-/m1/s1. The van der Waals surface area contributed by atoms with E-state index < -0.39 is 23.1 Å². The molecule has 1 amide bonds. The number of carbonyl (C=O) groups is 1. The molecule has 11 nitrogen and oxygen atoms in total. The van der Waals surface area contributed by atoms with Crippen molar-refractivity contribution >= 4 is 17.6 Å². The predicted octanol–water partition coefficient (Wildman–Crippen LogP) is 4.31. The molecule has 210 valence electrons. The summed E-state index contributed by atoms with van der Waals surface area (Å²) >= 11 is 0. The Morgan fingerprint density at radius 2 is 1.90 bits per heavy atom. The van der Waals surface area contributed by atoms with Gasteiger partial charge in [-0.25, -0.2) is 9.18 Å². The lowest BCUT2D eigenvalue weighted by molar-refractivity contribution is 0.0568. The highest BCUT2D eigenvalue weighted by Crippen LogP contribution is 2.43. The number of rotatable bonds is 3. The molecule has 6 rings (SSSR count). The van der Waals surface area contributed by atoms with Crippen LogP contribution < -0.4 is 14.4 Å². The first-order valence-corrected chi connectivity index (χ1v) is 13.1. The van der Waals surface area contributed by atoms with E-state index in [1.807, 2.05) is 6.07 Å². The second-order valence-corrected chi connectivity index (χ2v) is 11.8. The number of benzene rings is 1. The number of aromatic nitrogens is 5. The van der Waals surface area contributed by atoms with Crippen molar-refractivity contribution < 1.29 is 28.5 Å². The van der Waals surface area contributed by atoms with Gasteiger partial charge in [-0.15, -0.1) is 10.2 Å². The summed E-state index contributed by atoms with van der Waals surface area (Å²) in [5.74, 6) is 0.560. The van der Waals surface area contributed by atoms with Gasteiger partial charge in [0.25, 0.3) is 0 Å². The first-order chi connectivity index (χ1) is 18.9. The smallest absolute Gasteiger partial charge is 0.416 e. The average molecular weight is 551 g/mol. The Morgan fingerprint density at radius 1 is 1.15 bits per heavy atom. The number of hydrogen-bond acceptors (Lipinski definition) is 8. The average Bonchev–Trinajstić information content (AvgIpc) is 3.59. The first kappa shape index (κ1) is 26.1. The Hall–Kier alpha value is -4.19. The van der Waals surface area contributed by atoms with Gasteiger partial charge in [0.05, 0.1) is 49.1 Å². The van der Waals surface area contributed by atoms with Crippen molar-refractivity contribution in [3.05, 3.63) is 53.7 Å². The van der Waals surface area contributed by atoms with Gasteiger partial charge in [0.1, 0.15) is 23.5 Å². The molecule has 3 aromatic heterocycles. The van der Waals surface area contributed by atoms with Crippen LogP contribution in [0.3, 0.4) is 0 Å². The van der Waals surface area contributed by atoms with E-state index in [0.29, 0.717) is 52.0 Å². The molecule has 2 aliphatic rings. The third-order valence-corrected chi connectivity index (χ3v) is 6.71. The number of aliphatic hydroxyl groups is 1. The maximum Gasteiger partial charge on any atom is 0.416 e. The lowest BCUT2D eigenvalue weighted by Gasteiger charge is -2.29. The monoisotopic (exact) mass is 550 g/mol. The quantitative estimate of drug-likeness (QED) is 0.401. The zero-order chi connectivity index (χ0) is 28.4. The topological polar surface area (TPSA) is 116 Å². The van der Waals surface area contributed by atoms with E-state index in [-0.39, 0.29) is 25.6 Å². The van der Waals surface area contributed by atoms with Crippen LogP contribution in [0, 0.1) is 5.82 Å². The highest BCUT2D eigenvalue weighted by atomic mass is 19.1. The summed E-state index contributed by atoms with van der Waals surface area (Å²) in [4.78, 5) is 15.1. The molecule has 1 aromatic carbocycles. The summed E-state index contributed by atoms with van der Waals surface area (Å²) in [5, 5.41) is 23.3. The van der Waals surface area contributed by atoms with Gasteiger partial charge in [0.15, 0.2) is 17.2 Å². The molecule has 0 spiro atoms. The Morgan fingerprint density at radius 3 is 2.62 bits per heavy atom. The molecular weight excluding hydrogens is 519 g/mol. The Kier molecular flexibility index (Phi) is 5.98. The van der Waals surface area contributed by atoms with Crippen LogP contribution in [0.1, 0.15) is 51.7 Å². The van der Waals surface area contributed by atoms with Crippen LogP contribution in [-0.4, -0.2) is 60.0 Å². The van der Waals surface area contributed by atoms with Gasteiger partial charge in [-0.2, -0.15) is 5.10 Å². The molecule has 0 fully saturated rings. The van der Waals surface area contributed by atoms with Gasteiger partial charge in [-0.05, 0) is 58.9 Å². The fraction of sp³-hybridized carbons (Fsp3) is 0.429. The number of anilines is 1. The first-order valence-electron chi connectivity index (χ1n) is 13.1. The van der Waals surface area contributed by atoms with Gasteiger partial charge in [0, 0.05) is 17.3 Å². The highest BCUT2D eigenvalue weighted by Gasteiger charge is 2.37. The molecule has 1 atom stereocenters. The third kappa shape index (κ3) is 4.72. The summed E-state index contributed by atoms with van der Waals surface area (Å²) in [5.41, 5.74) is 0.884. The molecule has 1 N–H and O–H groups in total. The third-order valence-electron chi connectivity index (χ3n) is 6.71. The SMILES string of the molecule is CC(C)(O)Cn1ccc(-c2cc3c(n4cnnc24)N(C(=O)OC(C)(C)C)Cc2c(F)ccc4c2[C@H](CO4)CO3)n1. The molecule has 0 bridgehead atoms. The number of nitrogens with zero attached hydrogens (tertiary/aromatic N) is 6. The number of fused-ring (bicyclic) bond motifs is 3. The van der Waals surface area contributed by atoms with Crippen LogP contribution in [-0.2, 0) is 17.8 Å². The molecule has 5 heterocycles. The Labute approximate surface area is 230 Å². The van der Waals surface area contributed by atoms with E-state index in [1.165, 1.54) is 17.3 Å². The zero-order valence-corrected chi connectivity index (χ0v) is 23.0. The largest absolute Gasteiger partial charge is 0.493 e. The van der Waals surface area contributed by atoms with E-state index in [9.17, 15) is 9.90 Å². The number of amides is 1. The Bertz CT molecular complexity index is 1620. The molecule has 0 saturated carbocycles. The highest BCUT2D eigenvalue weighted by molar-refractivity contribution is 5.91. The van der Waals surface area contributed by atoms with Gasteiger partial charge < -0.3 is 19.3 Å². The molecule has 4 aromatic rings. The maximum absolute atomic E-state index is 15.4. The van der Waals surface area contributed by atoms with Crippen molar-refractivity contribution in [1.82, 2.24) is 24.4 Å². The van der Waals surface area contributed by atoms with E-state index in [1.54, 1.807) is 62.0 Å². The number of carbonyl (C=O) groups excluding carboxylic acids is 1. The lowest BCUT2D eigenvalue weighted by Crippen LogP contribution is -2.38. The van der Waals surface area contributed by atoms with Crippen LogP contribution in [0.2, 0.25) is 0 Å². The van der Waals surface area contributed by atoms with E-state index in [4.69, 9.17) is 14.2 Å². The zero-order valence-electron chi connectivity index (χ0n) is 23.0. The minimum Gasteiger partial charge on any atom is -0.493 e. The van der Waals surface area contributed by atoms with Crippen LogP contribution in [0.25, 0.3) is 16.9 Å². The summed E-state index contributed by atoms with van der Waals surface area (Å²) in [6, 6.07) is 6.53. The van der Waals surface area contributed by atoms with Gasteiger partial charge in [-0.1, -0.05) is 0 Å². The minimum atomic E-state index is -0.957. The van der Waals surface area contributed by atoms with Crippen LogP contribution >= 0.6 is 0 Å². The normalized spacial score (nSPS) is 16.9. The lowest BCUT2D eigenvalue weighted by atomic mass is 9.95. The van der Waals surface area contributed by atoms with E-state index in [2.05, 4.69) is 15.3 Å². The molecule has 0 saturated heterocycles. The van der Waals surface area contributed by atoms with Gasteiger partial charge >= 0.3 is 6.09 Å². The number of hydrogen-bond donors (Lipinski definition) is 1. The summed E-state index contributed by atoms with van der Waals surface area (Å²) in [6.45, 7) is 9.41. The molecule has 2 aliphatic heterocycles. The second kappa shape index (κ2) is 9.19. The van der Waals surface area contributed by atoms with E-state index in [0.717, 1.165) is 0 Å². The second-order valence-electron chi connectivity index (χ2n) is 11.8. The maximum atomic E-state index is 15.4. The Balaban J connectivity index is 1.54. The molecule has 12 heteroatoms. The van der Waals surface area contributed by atoms with Crippen LogP contribution in [0.5, 0.6) is 11.5 Å². The molecular formula is C28H31FN6O5. The molecule has 40 heavy (non-hydrogen) atoms. The van der Waals surface area contributed by atoms with Crippen molar-refractivity contribution in [2.45, 2.75) is 64.8 Å². The fourth-order valence-corrected chi connectivity index (χ4v) is 5.15. The summed E-state index contributed by atoms with van der Waals surface area (Å²) in [7, 11) is 0. The van der Waals surface area contributed by atoms with Gasteiger partial charge in [-0.3, -0.25) is 14.0 Å². The summed E-state index contributed by atoms with van der Waals surface area (Å²) in [6.07, 6.45) is 2.57. The fourth-order valence-electron chi connectivity index (χ4n) is 5.15. The summed E-state index contributed by atoms with van der Waals surface area (Å²) < 4.78 is 36.7. The number of ether oxygens (including phenoxy) is 3. The molecule has 0 radical (unpaired) electrons.